The maximum Gasteiger partial charge on any atom is 0.251 e. The number of nitrogens with one attached hydrogen (secondary N) is 1. The molecule has 4 nitrogen and oxygen atoms in total. The lowest BCUT2D eigenvalue weighted by atomic mass is 10.1. The standard InChI is InChI=1S/C17H21N3O/c1-20(2)15-9-7-13(8-10-15)12-19-17(21)16-6-4-3-5-14(16)11-18/h3-10H,11-12,18H2,1-2H3,(H,19,21). The van der Waals surface area contributed by atoms with Gasteiger partial charge in [-0.2, -0.15) is 0 Å². The summed E-state index contributed by atoms with van der Waals surface area (Å²) >= 11 is 0. The van der Waals surface area contributed by atoms with E-state index in [2.05, 4.69) is 5.32 Å². The third-order valence-electron chi connectivity index (χ3n) is 3.39. The van der Waals surface area contributed by atoms with Gasteiger partial charge in [-0.25, -0.2) is 0 Å². The average molecular weight is 283 g/mol. The van der Waals surface area contributed by atoms with Crippen molar-refractivity contribution < 1.29 is 4.79 Å². The molecule has 0 bridgehead atoms. The van der Waals surface area contributed by atoms with Crippen LogP contribution in [0.3, 0.4) is 0 Å². The average Bonchev–Trinajstić information content (AvgIpc) is 2.52. The Bertz CT molecular complexity index is 606. The quantitative estimate of drug-likeness (QED) is 0.884. The number of carbonyl (C=O) groups is 1. The van der Waals surface area contributed by atoms with E-state index in [-0.39, 0.29) is 5.91 Å². The summed E-state index contributed by atoms with van der Waals surface area (Å²) in [6, 6.07) is 15.5. The Kier molecular flexibility index (Phi) is 4.95. The van der Waals surface area contributed by atoms with Gasteiger partial charge < -0.3 is 16.0 Å². The highest BCUT2D eigenvalue weighted by Gasteiger charge is 2.09. The van der Waals surface area contributed by atoms with Gasteiger partial charge >= 0.3 is 0 Å². The van der Waals surface area contributed by atoms with E-state index in [4.69, 9.17) is 5.73 Å². The fourth-order valence-corrected chi connectivity index (χ4v) is 2.11. The van der Waals surface area contributed by atoms with Gasteiger partial charge in [-0.05, 0) is 29.3 Å². The third kappa shape index (κ3) is 3.83. The third-order valence-corrected chi connectivity index (χ3v) is 3.39. The maximum atomic E-state index is 12.2. The number of nitrogens with zero attached hydrogens (tertiary/aromatic N) is 1. The smallest absolute Gasteiger partial charge is 0.251 e. The minimum atomic E-state index is -0.0901. The first-order valence-electron chi connectivity index (χ1n) is 6.94. The zero-order chi connectivity index (χ0) is 15.2. The monoisotopic (exact) mass is 283 g/mol. The number of hydrogen-bond acceptors (Lipinski definition) is 3. The highest BCUT2D eigenvalue weighted by Crippen LogP contribution is 2.12. The molecule has 0 aliphatic rings. The van der Waals surface area contributed by atoms with E-state index < -0.39 is 0 Å². The number of amides is 1. The van der Waals surface area contributed by atoms with Gasteiger partial charge in [0, 0.05) is 38.4 Å². The molecule has 2 aromatic carbocycles. The summed E-state index contributed by atoms with van der Waals surface area (Å²) in [5, 5.41) is 2.93. The summed E-state index contributed by atoms with van der Waals surface area (Å²) in [5.74, 6) is -0.0901. The first-order valence-corrected chi connectivity index (χ1v) is 6.94. The van der Waals surface area contributed by atoms with Crippen LogP contribution >= 0.6 is 0 Å². The molecular weight excluding hydrogens is 262 g/mol. The number of anilines is 1. The van der Waals surface area contributed by atoms with Crippen LogP contribution in [-0.2, 0) is 13.1 Å². The van der Waals surface area contributed by atoms with Crippen LogP contribution in [0.25, 0.3) is 0 Å². The molecule has 3 N–H and O–H groups in total. The van der Waals surface area contributed by atoms with Crippen LogP contribution in [0, 0.1) is 0 Å². The van der Waals surface area contributed by atoms with Crippen LogP contribution in [-0.4, -0.2) is 20.0 Å². The molecule has 0 saturated carbocycles. The lowest BCUT2D eigenvalue weighted by Crippen LogP contribution is -2.24. The minimum absolute atomic E-state index is 0.0901. The summed E-state index contributed by atoms with van der Waals surface area (Å²) in [4.78, 5) is 14.2. The predicted molar refractivity (Wildman–Crippen MR) is 86.3 cm³/mol. The van der Waals surface area contributed by atoms with Crippen LogP contribution in [0.5, 0.6) is 0 Å². The van der Waals surface area contributed by atoms with Gasteiger partial charge in [0.25, 0.3) is 5.91 Å². The van der Waals surface area contributed by atoms with E-state index >= 15 is 0 Å². The first-order chi connectivity index (χ1) is 10.1. The second kappa shape index (κ2) is 6.90. The molecule has 4 heteroatoms. The molecule has 0 heterocycles. The van der Waals surface area contributed by atoms with E-state index in [1.165, 1.54) is 0 Å². The molecule has 0 aromatic heterocycles. The predicted octanol–water partition coefficient (Wildman–Crippen LogP) is 2.14. The van der Waals surface area contributed by atoms with Crippen molar-refractivity contribution in [2.75, 3.05) is 19.0 Å². The van der Waals surface area contributed by atoms with Crippen molar-refractivity contribution in [1.82, 2.24) is 5.32 Å². The van der Waals surface area contributed by atoms with Crippen LogP contribution in [0.15, 0.2) is 48.5 Å². The van der Waals surface area contributed by atoms with E-state index in [1.54, 1.807) is 6.07 Å². The van der Waals surface area contributed by atoms with Gasteiger partial charge in [0.05, 0.1) is 0 Å². The molecule has 2 aromatic rings. The second-order valence-corrected chi connectivity index (χ2v) is 5.10. The number of hydrogen-bond donors (Lipinski definition) is 2. The normalized spacial score (nSPS) is 10.2. The van der Waals surface area contributed by atoms with Crippen molar-refractivity contribution in [2.24, 2.45) is 5.73 Å². The van der Waals surface area contributed by atoms with Crippen molar-refractivity contribution in [2.45, 2.75) is 13.1 Å². The van der Waals surface area contributed by atoms with Crippen LogP contribution < -0.4 is 16.0 Å². The summed E-state index contributed by atoms with van der Waals surface area (Å²) in [6.45, 7) is 0.868. The molecule has 0 fully saturated rings. The molecule has 0 aliphatic carbocycles. The second-order valence-electron chi connectivity index (χ2n) is 5.10. The van der Waals surface area contributed by atoms with E-state index in [9.17, 15) is 4.79 Å². The summed E-state index contributed by atoms with van der Waals surface area (Å²) in [6.07, 6.45) is 0. The Labute approximate surface area is 125 Å². The van der Waals surface area contributed by atoms with Gasteiger partial charge in [0.2, 0.25) is 0 Å². The highest BCUT2D eigenvalue weighted by molar-refractivity contribution is 5.95. The Morgan fingerprint density at radius 2 is 1.76 bits per heavy atom. The molecular formula is C17H21N3O. The van der Waals surface area contributed by atoms with Crippen LogP contribution in [0.2, 0.25) is 0 Å². The zero-order valence-electron chi connectivity index (χ0n) is 12.5. The number of carbonyl (C=O) groups excluding carboxylic acids is 1. The number of benzene rings is 2. The Hall–Kier alpha value is -2.33. The molecule has 0 radical (unpaired) electrons. The lowest BCUT2D eigenvalue weighted by molar-refractivity contribution is 0.0950. The van der Waals surface area contributed by atoms with Gasteiger partial charge in [-0.1, -0.05) is 30.3 Å². The molecule has 1 amide bonds. The maximum absolute atomic E-state index is 12.2. The van der Waals surface area contributed by atoms with Gasteiger partial charge in [-0.15, -0.1) is 0 Å². The molecule has 0 aliphatic heterocycles. The highest BCUT2D eigenvalue weighted by atomic mass is 16.1. The fraction of sp³-hybridized carbons (Fsp3) is 0.235. The summed E-state index contributed by atoms with van der Waals surface area (Å²) < 4.78 is 0. The Balaban J connectivity index is 2.00. The van der Waals surface area contributed by atoms with E-state index in [1.807, 2.05) is 61.5 Å². The minimum Gasteiger partial charge on any atom is -0.378 e. The SMILES string of the molecule is CN(C)c1ccc(CNC(=O)c2ccccc2CN)cc1. The van der Waals surface area contributed by atoms with Gasteiger partial charge in [-0.3, -0.25) is 4.79 Å². The Morgan fingerprint density at radius 1 is 1.10 bits per heavy atom. The lowest BCUT2D eigenvalue weighted by Gasteiger charge is -2.13. The van der Waals surface area contributed by atoms with E-state index in [0.717, 1.165) is 16.8 Å². The van der Waals surface area contributed by atoms with E-state index in [0.29, 0.717) is 18.7 Å². The number of rotatable bonds is 5. The largest absolute Gasteiger partial charge is 0.378 e. The fourth-order valence-electron chi connectivity index (χ4n) is 2.11. The van der Waals surface area contributed by atoms with Crippen molar-refractivity contribution in [3.63, 3.8) is 0 Å². The Morgan fingerprint density at radius 3 is 2.38 bits per heavy atom. The molecule has 0 saturated heterocycles. The molecule has 0 spiro atoms. The molecule has 2 rings (SSSR count). The molecule has 110 valence electrons. The molecule has 0 atom stereocenters. The summed E-state index contributed by atoms with van der Waals surface area (Å²) in [5.41, 5.74) is 9.36. The zero-order valence-corrected chi connectivity index (χ0v) is 12.5. The topological polar surface area (TPSA) is 58.4 Å². The van der Waals surface area contributed by atoms with Gasteiger partial charge in [0.15, 0.2) is 0 Å². The van der Waals surface area contributed by atoms with Crippen molar-refractivity contribution in [3.8, 4) is 0 Å². The van der Waals surface area contributed by atoms with Crippen LogP contribution in [0.1, 0.15) is 21.5 Å². The van der Waals surface area contributed by atoms with Crippen molar-refractivity contribution in [1.29, 1.82) is 0 Å². The number of nitrogens with two attached hydrogens (primary N) is 1. The first kappa shape index (κ1) is 15.1. The molecule has 0 unspecified atom stereocenters. The van der Waals surface area contributed by atoms with Gasteiger partial charge in [0.1, 0.15) is 0 Å². The van der Waals surface area contributed by atoms with Crippen molar-refractivity contribution >= 4 is 11.6 Å². The van der Waals surface area contributed by atoms with Crippen LogP contribution in [0.4, 0.5) is 5.69 Å². The molecule has 21 heavy (non-hydrogen) atoms. The van der Waals surface area contributed by atoms with Crippen molar-refractivity contribution in [3.05, 3.63) is 65.2 Å². The summed E-state index contributed by atoms with van der Waals surface area (Å²) in [7, 11) is 4.00.